The van der Waals surface area contributed by atoms with Crippen molar-refractivity contribution >= 4 is 62.0 Å². The standard InChI is InChI=1S/3C10H20O2.3C8H16O2.Bi/c3*1-10(2,3)8-6-4-5-7-9(11)12;3*1-3-5-6-7(4-2)8(9)10;/h3*4-8H2,1-3H3,(H,11,12);3*7H,3-6H2,1-2H3,(H,9,10);/q;;;;;;+3/p-3. The fraction of sp³-hybridized carbons (Fsp3) is 0.889. The first-order chi connectivity index (χ1) is 30.4. The maximum Gasteiger partial charge on any atom is 3.00 e. The molecule has 12 nitrogen and oxygen atoms in total. The second-order valence-corrected chi connectivity index (χ2v) is 21.2. The Morgan fingerprint density at radius 2 is 0.552 bits per heavy atom. The largest absolute Gasteiger partial charge is 3.00 e. The van der Waals surface area contributed by atoms with Gasteiger partial charge in [-0.2, -0.15) is 0 Å². The quantitative estimate of drug-likeness (QED) is 0.0450. The van der Waals surface area contributed by atoms with Crippen LogP contribution in [-0.4, -0.2) is 77.3 Å². The van der Waals surface area contributed by atoms with Crippen molar-refractivity contribution in [2.75, 3.05) is 0 Å². The molecule has 0 aliphatic carbocycles. The van der Waals surface area contributed by atoms with Gasteiger partial charge in [-0.25, -0.2) is 0 Å². The molecule has 0 saturated heterocycles. The normalized spacial score (nSPS) is 12.0. The van der Waals surface area contributed by atoms with Crippen molar-refractivity contribution in [1.82, 2.24) is 0 Å². The molecule has 0 spiro atoms. The summed E-state index contributed by atoms with van der Waals surface area (Å²) in [5.74, 6) is -5.37. The van der Waals surface area contributed by atoms with E-state index in [0.29, 0.717) is 54.8 Å². The van der Waals surface area contributed by atoms with Crippen molar-refractivity contribution in [3.63, 3.8) is 0 Å². The van der Waals surface area contributed by atoms with Crippen LogP contribution >= 0.6 is 0 Å². The van der Waals surface area contributed by atoms with Crippen LogP contribution in [0, 0.1) is 34.0 Å². The fourth-order valence-corrected chi connectivity index (χ4v) is 6.14. The third kappa shape index (κ3) is 81.0. The van der Waals surface area contributed by atoms with E-state index in [1.54, 1.807) is 0 Å². The van der Waals surface area contributed by atoms with Gasteiger partial charge in [-0.3, -0.25) is 14.4 Å². The van der Waals surface area contributed by atoms with Gasteiger partial charge in [0.05, 0.1) is 0 Å². The minimum Gasteiger partial charge on any atom is -0.550 e. The Balaban J connectivity index is -0.000000129. The predicted molar refractivity (Wildman–Crippen MR) is 271 cm³/mol. The van der Waals surface area contributed by atoms with Gasteiger partial charge in [0, 0.05) is 37.2 Å². The molecule has 3 N–H and O–H groups in total. The van der Waals surface area contributed by atoms with Gasteiger partial charge in [0.1, 0.15) is 0 Å². The number of carboxylic acids is 6. The van der Waals surface area contributed by atoms with Crippen molar-refractivity contribution in [2.45, 2.75) is 277 Å². The average Bonchev–Trinajstić information content (AvgIpc) is 3.17. The van der Waals surface area contributed by atoms with Gasteiger partial charge in [0.2, 0.25) is 0 Å². The van der Waals surface area contributed by atoms with E-state index in [1.807, 2.05) is 20.8 Å². The molecule has 0 aromatic heterocycles. The van der Waals surface area contributed by atoms with E-state index in [0.717, 1.165) is 116 Å². The third-order valence-electron chi connectivity index (χ3n) is 10.6. The van der Waals surface area contributed by atoms with Crippen LogP contribution in [0.1, 0.15) is 277 Å². The molecule has 0 aromatic rings. The Kier molecular flexibility index (Phi) is 60.7. The smallest absolute Gasteiger partial charge is 0.550 e. The number of carbonyl (C=O) groups excluding carboxylic acids is 3. The molecule has 398 valence electrons. The van der Waals surface area contributed by atoms with Gasteiger partial charge in [-0.15, -0.1) is 0 Å². The molecule has 13 heteroatoms. The molecule has 3 atom stereocenters. The topological polar surface area (TPSA) is 232 Å². The predicted octanol–water partition coefficient (Wildman–Crippen LogP) is 11.7. The molecule has 0 saturated carbocycles. The van der Waals surface area contributed by atoms with Gasteiger partial charge in [-0.1, -0.05) is 181 Å². The van der Waals surface area contributed by atoms with Crippen molar-refractivity contribution < 1.29 is 59.4 Å². The number of hydrogen-bond acceptors (Lipinski definition) is 9. The Morgan fingerprint density at radius 3 is 0.672 bits per heavy atom. The summed E-state index contributed by atoms with van der Waals surface area (Å²) in [4.78, 5) is 61.5. The van der Waals surface area contributed by atoms with Crippen molar-refractivity contribution in [2.24, 2.45) is 34.0 Å². The second-order valence-electron chi connectivity index (χ2n) is 21.2. The average molecular weight is 1160 g/mol. The van der Waals surface area contributed by atoms with Gasteiger partial charge < -0.3 is 45.0 Å². The maximum absolute atomic E-state index is 10.3. The van der Waals surface area contributed by atoms with Crippen LogP contribution in [0.4, 0.5) is 0 Å². The molecule has 0 aliphatic rings. The Hall–Kier alpha value is -2.30. The van der Waals surface area contributed by atoms with Gasteiger partial charge >= 0.3 is 44.1 Å². The summed E-state index contributed by atoms with van der Waals surface area (Å²) in [7, 11) is 0. The SMILES string of the molecule is CC(C)(C)CCCCCC(=O)O.CC(C)(C)CCCCCC(=O)O.CC(C)(C)CCCCCC(=O)O.CCCCC(CC)C(=O)[O-].CCCCC(CC)C(=O)[O-].CCCCC(CC)C(=O)[O-].[Bi+3]. The Bertz CT molecular complexity index is 1030. The summed E-state index contributed by atoms with van der Waals surface area (Å²) < 4.78 is 0. The van der Waals surface area contributed by atoms with Crippen molar-refractivity contribution in [1.29, 1.82) is 0 Å². The first-order valence-electron chi connectivity index (χ1n) is 25.7. The van der Waals surface area contributed by atoms with E-state index in [-0.39, 0.29) is 44.0 Å². The third-order valence-corrected chi connectivity index (χ3v) is 10.6. The van der Waals surface area contributed by atoms with Crippen LogP contribution in [0.15, 0.2) is 0 Å². The zero-order chi connectivity index (χ0) is 52.8. The number of rotatable bonds is 30. The molecule has 0 rings (SSSR count). The molecular weight excluding hydrogens is 1050 g/mol. The molecule has 0 fully saturated rings. The summed E-state index contributed by atoms with van der Waals surface area (Å²) in [6, 6.07) is 0. The molecule has 0 aromatic carbocycles. The Labute approximate surface area is 430 Å². The number of aliphatic carboxylic acids is 6. The second kappa shape index (κ2) is 51.6. The van der Waals surface area contributed by atoms with E-state index < -0.39 is 35.8 Å². The zero-order valence-electron chi connectivity index (χ0n) is 45.8. The van der Waals surface area contributed by atoms with Crippen LogP contribution in [-0.2, 0) is 28.8 Å². The first kappa shape index (κ1) is 78.9. The van der Waals surface area contributed by atoms with Crippen LogP contribution in [0.25, 0.3) is 0 Å². The molecule has 0 bridgehead atoms. The fourth-order valence-electron chi connectivity index (χ4n) is 6.14. The van der Waals surface area contributed by atoms with Crippen molar-refractivity contribution in [3.05, 3.63) is 0 Å². The first-order valence-corrected chi connectivity index (χ1v) is 25.7. The van der Waals surface area contributed by atoms with E-state index >= 15 is 0 Å². The summed E-state index contributed by atoms with van der Waals surface area (Å²) in [5, 5.41) is 56.1. The van der Waals surface area contributed by atoms with Gasteiger partial charge in [0.15, 0.2) is 0 Å². The molecule has 2 radical (unpaired) electrons. The van der Waals surface area contributed by atoms with Crippen LogP contribution < -0.4 is 15.3 Å². The van der Waals surface area contributed by atoms with Gasteiger partial charge in [-0.05, 0) is 111 Å². The molecule has 0 aliphatic heterocycles. The zero-order valence-corrected chi connectivity index (χ0v) is 49.3. The van der Waals surface area contributed by atoms with Crippen LogP contribution in [0.5, 0.6) is 0 Å². The monoisotopic (exact) mass is 1150 g/mol. The Morgan fingerprint density at radius 1 is 0.358 bits per heavy atom. The molecule has 0 amide bonds. The summed E-state index contributed by atoms with van der Waals surface area (Å²) in [6.45, 7) is 31.7. The van der Waals surface area contributed by atoms with E-state index in [9.17, 15) is 44.1 Å². The number of hydrogen-bond donors (Lipinski definition) is 3. The summed E-state index contributed by atoms with van der Waals surface area (Å²) in [6.07, 6.45) is 24.2. The van der Waals surface area contributed by atoms with Crippen molar-refractivity contribution in [3.8, 4) is 0 Å². The van der Waals surface area contributed by atoms with E-state index in [1.165, 1.54) is 19.3 Å². The maximum atomic E-state index is 10.3. The number of carbonyl (C=O) groups is 6. The van der Waals surface area contributed by atoms with E-state index in [4.69, 9.17) is 15.3 Å². The summed E-state index contributed by atoms with van der Waals surface area (Å²) >= 11 is 0. The minimum absolute atomic E-state index is 0. The molecular formula is C54H105BiO12. The minimum atomic E-state index is -0.893. The van der Waals surface area contributed by atoms with Crippen LogP contribution in [0.3, 0.4) is 0 Å². The number of carboxylic acid groups (broad SMARTS) is 6. The molecule has 3 unspecified atom stereocenters. The van der Waals surface area contributed by atoms with Crippen LogP contribution in [0.2, 0.25) is 0 Å². The van der Waals surface area contributed by atoms with E-state index in [2.05, 4.69) is 83.1 Å². The number of unbranched alkanes of at least 4 members (excludes halogenated alkanes) is 9. The van der Waals surface area contributed by atoms with Gasteiger partial charge in [0.25, 0.3) is 0 Å². The molecule has 0 heterocycles. The molecule has 67 heavy (non-hydrogen) atoms. The summed E-state index contributed by atoms with van der Waals surface area (Å²) in [5.41, 5.74) is 1.18.